The van der Waals surface area contributed by atoms with Crippen molar-refractivity contribution in [3.63, 3.8) is 0 Å². The van der Waals surface area contributed by atoms with Gasteiger partial charge in [-0.25, -0.2) is 9.97 Å². The van der Waals surface area contributed by atoms with Gasteiger partial charge in [0.05, 0.1) is 6.20 Å². The van der Waals surface area contributed by atoms with Gasteiger partial charge in [-0.3, -0.25) is 0 Å². The van der Waals surface area contributed by atoms with E-state index in [2.05, 4.69) is 58.4 Å². The normalized spacial score (nSPS) is 21.7. The molecule has 0 amide bonds. The van der Waals surface area contributed by atoms with Gasteiger partial charge in [0.2, 0.25) is 0 Å². The smallest absolute Gasteiger partial charge is 0.158 e. The first-order chi connectivity index (χ1) is 15.6. The van der Waals surface area contributed by atoms with Crippen LogP contribution in [0.3, 0.4) is 0 Å². The Morgan fingerprint density at radius 2 is 1.84 bits per heavy atom. The summed E-state index contributed by atoms with van der Waals surface area (Å²) in [5.41, 5.74) is 17.4. The van der Waals surface area contributed by atoms with Crippen molar-refractivity contribution in [3.8, 4) is 0 Å². The molecular formula is C26H29N5S. The SMILES string of the molecule is Nc1nc(N2CCC3(CC2)Cc2ccccc2[C@H]3N)cnc1Sc1cccc(C2CC2)c1. The van der Waals surface area contributed by atoms with Gasteiger partial charge >= 0.3 is 0 Å². The zero-order valence-corrected chi connectivity index (χ0v) is 19.0. The highest BCUT2D eigenvalue weighted by atomic mass is 32.2. The maximum atomic E-state index is 6.72. The molecule has 1 saturated carbocycles. The number of nitrogens with two attached hydrogens (primary N) is 2. The van der Waals surface area contributed by atoms with Gasteiger partial charge in [-0.15, -0.1) is 0 Å². The van der Waals surface area contributed by atoms with Gasteiger partial charge in [-0.2, -0.15) is 0 Å². The molecule has 2 aromatic carbocycles. The van der Waals surface area contributed by atoms with Crippen LogP contribution in [-0.4, -0.2) is 23.1 Å². The molecule has 0 unspecified atom stereocenters. The summed E-state index contributed by atoms with van der Waals surface area (Å²) in [6.45, 7) is 1.87. The predicted octanol–water partition coefficient (Wildman–Crippen LogP) is 4.93. The molecule has 3 aliphatic rings. The highest BCUT2D eigenvalue weighted by Crippen LogP contribution is 2.51. The molecule has 6 heteroatoms. The Labute approximate surface area is 193 Å². The molecule has 1 saturated heterocycles. The Morgan fingerprint density at radius 3 is 2.59 bits per heavy atom. The summed E-state index contributed by atoms with van der Waals surface area (Å²) < 4.78 is 0. The third-order valence-corrected chi connectivity index (χ3v) is 8.55. The van der Waals surface area contributed by atoms with Gasteiger partial charge in [0, 0.05) is 24.0 Å². The fraction of sp³-hybridized carbons (Fsp3) is 0.385. The van der Waals surface area contributed by atoms with E-state index in [-0.39, 0.29) is 11.5 Å². The average molecular weight is 444 g/mol. The van der Waals surface area contributed by atoms with Crippen molar-refractivity contribution in [1.29, 1.82) is 0 Å². The van der Waals surface area contributed by atoms with Crippen LogP contribution in [0.2, 0.25) is 0 Å². The maximum Gasteiger partial charge on any atom is 0.158 e. The zero-order chi connectivity index (χ0) is 21.7. The largest absolute Gasteiger partial charge is 0.381 e. The van der Waals surface area contributed by atoms with Crippen molar-refractivity contribution in [2.45, 2.75) is 54.0 Å². The van der Waals surface area contributed by atoms with Gasteiger partial charge in [-0.05, 0) is 72.3 Å². The first-order valence-corrected chi connectivity index (χ1v) is 12.4. The van der Waals surface area contributed by atoms with Crippen LogP contribution < -0.4 is 16.4 Å². The van der Waals surface area contributed by atoms with Crippen LogP contribution in [0.15, 0.2) is 64.6 Å². The lowest BCUT2D eigenvalue weighted by Crippen LogP contribution is -2.44. The van der Waals surface area contributed by atoms with E-state index >= 15 is 0 Å². The van der Waals surface area contributed by atoms with E-state index in [1.165, 1.54) is 34.4 Å². The minimum Gasteiger partial charge on any atom is -0.381 e. The number of benzene rings is 2. The first kappa shape index (κ1) is 20.1. The standard InChI is InChI=1S/C26H29N5S/c27-23-21-7-2-1-4-19(21)15-26(23)10-12-31(13-11-26)22-16-29-25(24(28)30-22)32-20-6-3-5-18(14-20)17-8-9-17/h1-7,14,16-17,23H,8-13,15,27H2,(H2,28,30)/t23-/m1/s1. The third kappa shape index (κ3) is 3.55. The van der Waals surface area contributed by atoms with Crippen LogP contribution >= 0.6 is 11.8 Å². The molecular weight excluding hydrogens is 414 g/mol. The Hall–Kier alpha value is -2.57. The quantitative estimate of drug-likeness (QED) is 0.595. The Balaban J connectivity index is 1.14. The van der Waals surface area contributed by atoms with E-state index in [0.29, 0.717) is 5.82 Å². The number of piperidine rings is 1. The summed E-state index contributed by atoms with van der Waals surface area (Å²) in [5, 5.41) is 0.781. The van der Waals surface area contributed by atoms with Gasteiger partial charge in [0.1, 0.15) is 10.8 Å². The molecule has 4 N–H and O–H groups in total. The molecule has 0 radical (unpaired) electrons. The van der Waals surface area contributed by atoms with E-state index in [4.69, 9.17) is 16.5 Å². The number of anilines is 2. The fourth-order valence-corrected chi connectivity index (χ4v) is 6.28. The lowest BCUT2D eigenvalue weighted by Gasteiger charge is -2.42. The lowest BCUT2D eigenvalue weighted by molar-refractivity contribution is 0.187. The summed E-state index contributed by atoms with van der Waals surface area (Å²) in [7, 11) is 0. The molecule has 2 fully saturated rings. The van der Waals surface area contributed by atoms with Crippen molar-refractivity contribution in [2.24, 2.45) is 11.1 Å². The lowest BCUT2D eigenvalue weighted by atomic mass is 9.73. The van der Waals surface area contributed by atoms with E-state index < -0.39 is 0 Å². The predicted molar refractivity (Wildman–Crippen MR) is 130 cm³/mol. The Morgan fingerprint density at radius 1 is 1.03 bits per heavy atom. The molecule has 2 aliphatic carbocycles. The van der Waals surface area contributed by atoms with Gasteiger partial charge < -0.3 is 16.4 Å². The van der Waals surface area contributed by atoms with Crippen LogP contribution in [0.1, 0.15) is 54.3 Å². The summed E-state index contributed by atoms with van der Waals surface area (Å²) in [6, 6.07) is 17.5. The molecule has 0 bridgehead atoms. The molecule has 1 atom stereocenters. The number of rotatable bonds is 4. The summed E-state index contributed by atoms with van der Waals surface area (Å²) in [4.78, 5) is 12.9. The Bertz CT molecular complexity index is 1150. The summed E-state index contributed by atoms with van der Waals surface area (Å²) in [6.07, 6.45) is 7.70. The molecule has 1 aromatic heterocycles. The van der Waals surface area contributed by atoms with E-state index in [0.717, 1.165) is 49.1 Å². The highest BCUT2D eigenvalue weighted by molar-refractivity contribution is 7.99. The van der Waals surface area contributed by atoms with E-state index in [9.17, 15) is 0 Å². The Kier molecular flexibility index (Phi) is 4.88. The van der Waals surface area contributed by atoms with Crippen molar-refractivity contribution >= 4 is 23.4 Å². The third-order valence-electron chi connectivity index (χ3n) is 7.55. The van der Waals surface area contributed by atoms with Gasteiger partial charge in [0.25, 0.3) is 0 Å². The van der Waals surface area contributed by atoms with Crippen LogP contribution in [-0.2, 0) is 6.42 Å². The number of fused-ring (bicyclic) bond motifs is 1. The molecule has 164 valence electrons. The maximum absolute atomic E-state index is 6.72. The number of hydrogen-bond acceptors (Lipinski definition) is 6. The topological polar surface area (TPSA) is 81.1 Å². The molecule has 5 nitrogen and oxygen atoms in total. The van der Waals surface area contributed by atoms with Crippen molar-refractivity contribution in [2.75, 3.05) is 23.7 Å². The molecule has 1 aliphatic heterocycles. The van der Waals surface area contributed by atoms with Gasteiger partial charge in [-0.1, -0.05) is 48.2 Å². The highest BCUT2D eigenvalue weighted by Gasteiger charge is 2.45. The molecule has 32 heavy (non-hydrogen) atoms. The first-order valence-electron chi connectivity index (χ1n) is 11.6. The fourth-order valence-electron chi connectivity index (χ4n) is 5.46. The number of nitrogens with zero attached hydrogens (tertiary/aromatic N) is 3. The van der Waals surface area contributed by atoms with Crippen LogP contribution in [0.25, 0.3) is 0 Å². The van der Waals surface area contributed by atoms with Crippen molar-refractivity contribution in [1.82, 2.24) is 9.97 Å². The van der Waals surface area contributed by atoms with E-state index in [1.54, 1.807) is 11.8 Å². The van der Waals surface area contributed by atoms with Crippen molar-refractivity contribution < 1.29 is 0 Å². The number of aromatic nitrogens is 2. The second kappa shape index (κ2) is 7.78. The minimum atomic E-state index is 0.127. The second-order valence-corrected chi connectivity index (χ2v) is 10.6. The van der Waals surface area contributed by atoms with Gasteiger partial charge in [0.15, 0.2) is 5.82 Å². The molecule has 3 aromatic rings. The monoisotopic (exact) mass is 443 g/mol. The second-order valence-electron chi connectivity index (χ2n) is 9.57. The van der Waals surface area contributed by atoms with Crippen LogP contribution in [0.4, 0.5) is 11.6 Å². The molecule has 2 heterocycles. The van der Waals surface area contributed by atoms with E-state index in [1.807, 2.05) is 6.20 Å². The molecule has 1 spiro atoms. The van der Waals surface area contributed by atoms with Crippen LogP contribution in [0.5, 0.6) is 0 Å². The van der Waals surface area contributed by atoms with Crippen molar-refractivity contribution in [3.05, 3.63) is 71.4 Å². The average Bonchev–Trinajstić information content (AvgIpc) is 3.63. The van der Waals surface area contributed by atoms with Crippen LogP contribution in [0, 0.1) is 5.41 Å². The number of nitrogen functional groups attached to an aromatic ring is 1. The zero-order valence-electron chi connectivity index (χ0n) is 18.2. The minimum absolute atomic E-state index is 0.127. The summed E-state index contributed by atoms with van der Waals surface area (Å²) >= 11 is 1.60. The number of hydrogen-bond donors (Lipinski definition) is 2. The molecule has 6 rings (SSSR count). The summed E-state index contributed by atoms with van der Waals surface area (Å²) in [5.74, 6) is 2.12.